The highest BCUT2D eigenvalue weighted by molar-refractivity contribution is 6.00. The second-order valence-electron chi connectivity index (χ2n) is 4.06. The van der Waals surface area contributed by atoms with Crippen molar-refractivity contribution in [2.45, 2.75) is 12.5 Å². The number of hydrogen-bond donors (Lipinski definition) is 4. The van der Waals surface area contributed by atoms with E-state index in [1.54, 1.807) is 0 Å². The van der Waals surface area contributed by atoms with E-state index < -0.39 is 23.8 Å². The number of carbonyl (C=O) groups is 3. The Balaban J connectivity index is 2.81. The molecule has 8 heteroatoms. The minimum absolute atomic E-state index is 0.174. The molecular weight excluding hydrogens is 264 g/mol. The molecule has 1 rings (SSSR count). The van der Waals surface area contributed by atoms with Gasteiger partial charge in [0.15, 0.2) is 0 Å². The van der Waals surface area contributed by atoms with Crippen LogP contribution in [0.4, 0.5) is 11.4 Å². The molecule has 20 heavy (non-hydrogen) atoms. The Labute approximate surface area is 115 Å². The monoisotopic (exact) mass is 280 g/mol. The van der Waals surface area contributed by atoms with E-state index >= 15 is 0 Å². The van der Waals surface area contributed by atoms with Crippen LogP contribution < -0.4 is 22.5 Å². The summed E-state index contributed by atoms with van der Waals surface area (Å²) in [6.45, 7) is 0. The van der Waals surface area contributed by atoms with Gasteiger partial charge in [0.2, 0.25) is 11.8 Å². The number of esters is 1. The second-order valence-corrected chi connectivity index (χ2v) is 4.06. The molecule has 108 valence electrons. The normalized spacial score (nSPS) is 11.5. The summed E-state index contributed by atoms with van der Waals surface area (Å²) in [6, 6.07) is 3.18. The van der Waals surface area contributed by atoms with E-state index in [4.69, 9.17) is 17.2 Å². The van der Waals surface area contributed by atoms with Gasteiger partial charge in [-0.3, -0.25) is 9.59 Å². The van der Waals surface area contributed by atoms with Crippen LogP contribution in [-0.4, -0.2) is 30.9 Å². The van der Waals surface area contributed by atoms with E-state index in [0.717, 1.165) is 0 Å². The van der Waals surface area contributed by atoms with Gasteiger partial charge >= 0.3 is 5.97 Å². The molecule has 0 unspecified atom stereocenters. The summed E-state index contributed by atoms with van der Waals surface area (Å²) in [7, 11) is 1.25. The lowest BCUT2D eigenvalue weighted by Gasteiger charge is -2.12. The molecule has 0 fully saturated rings. The number of methoxy groups -OCH3 is 1. The largest absolute Gasteiger partial charge is 0.465 e. The molecule has 7 N–H and O–H groups in total. The van der Waals surface area contributed by atoms with Crippen molar-refractivity contribution in [2.75, 3.05) is 18.2 Å². The highest BCUT2D eigenvalue weighted by Crippen LogP contribution is 2.20. The second kappa shape index (κ2) is 6.53. The van der Waals surface area contributed by atoms with Gasteiger partial charge in [-0.2, -0.15) is 0 Å². The number of ether oxygens (including phenoxy) is 1. The number of hydrogen-bond acceptors (Lipinski definition) is 6. The number of rotatable bonds is 5. The predicted molar refractivity (Wildman–Crippen MR) is 72.6 cm³/mol. The molecule has 0 radical (unpaired) electrons. The molecule has 2 amide bonds. The molecule has 0 saturated heterocycles. The number of carbonyl (C=O) groups excluding carboxylic acids is 3. The van der Waals surface area contributed by atoms with Crippen molar-refractivity contribution in [2.24, 2.45) is 11.5 Å². The van der Waals surface area contributed by atoms with E-state index in [-0.39, 0.29) is 23.4 Å². The topological polar surface area (TPSA) is 151 Å². The average molecular weight is 280 g/mol. The lowest BCUT2D eigenvalue weighted by atomic mass is 10.1. The molecular formula is C12H16N4O4. The fraction of sp³-hybridized carbons (Fsp3) is 0.250. The summed E-state index contributed by atoms with van der Waals surface area (Å²) in [6.07, 6.45) is -0.272. The number of anilines is 2. The highest BCUT2D eigenvalue weighted by atomic mass is 16.5. The third-order valence-electron chi connectivity index (χ3n) is 2.49. The predicted octanol–water partition coefficient (Wildman–Crippen LogP) is -0.803. The van der Waals surface area contributed by atoms with E-state index in [1.165, 1.54) is 25.3 Å². The molecule has 0 spiro atoms. The fourth-order valence-corrected chi connectivity index (χ4v) is 1.46. The number of benzene rings is 1. The Morgan fingerprint density at radius 2 is 2.00 bits per heavy atom. The van der Waals surface area contributed by atoms with Crippen LogP contribution in [0, 0.1) is 0 Å². The number of amides is 2. The lowest BCUT2D eigenvalue weighted by molar-refractivity contribution is -0.123. The van der Waals surface area contributed by atoms with Crippen LogP contribution in [0.2, 0.25) is 0 Å². The van der Waals surface area contributed by atoms with Crippen molar-refractivity contribution in [3.8, 4) is 0 Å². The quantitative estimate of drug-likeness (QED) is 0.409. The summed E-state index contributed by atoms with van der Waals surface area (Å²) in [5.74, 6) is -1.82. The molecule has 0 aromatic heterocycles. The Bertz CT molecular complexity index is 544. The van der Waals surface area contributed by atoms with Crippen LogP contribution in [-0.2, 0) is 14.3 Å². The van der Waals surface area contributed by atoms with E-state index in [2.05, 4.69) is 10.1 Å². The number of nitrogen functional groups attached to an aromatic ring is 1. The minimum atomic E-state index is -1.06. The van der Waals surface area contributed by atoms with Gasteiger partial charge < -0.3 is 27.3 Å². The zero-order valence-corrected chi connectivity index (χ0v) is 10.9. The molecule has 1 aromatic carbocycles. The van der Waals surface area contributed by atoms with E-state index in [9.17, 15) is 14.4 Å². The average Bonchev–Trinajstić information content (AvgIpc) is 2.39. The van der Waals surface area contributed by atoms with E-state index in [1.807, 2.05) is 0 Å². The molecule has 0 aliphatic rings. The van der Waals surface area contributed by atoms with Gasteiger partial charge in [-0.05, 0) is 18.2 Å². The van der Waals surface area contributed by atoms with Crippen LogP contribution in [0.25, 0.3) is 0 Å². The standard InChI is InChI=1S/C12H16N4O4/c1-20-12(19)6-2-3-9(7(13)4-6)16-11(18)8(14)5-10(15)17/h2-4,8H,5,13-14H2,1H3,(H2,15,17)(H,16,18)/t8-/m0/s1. The van der Waals surface area contributed by atoms with Crippen LogP contribution in [0.1, 0.15) is 16.8 Å². The van der Waals surface area contributed by atoms with Gasteiger partial charge in [0.1, 0.15) is 0 Å². The summed E-state index contributed by atoms with van der Waals surface area (Å²) >= 11 is 0. The number of nitrogens with one attached hydrogen (secondary N) is 1. The minimum Gasteiger partial charge on any atom is -0.465 e. The molecule has 1 atom stereocenters. The molecule has 0 heterocycles. The molecule has 1 aromatic rings. The maximum atomic E-state index is 11.7. The summed E-state index contributed by atoms with van der Waals surface area (Å²) < 4.78 is 4.54. The first kappa shape index (κ1) is 15.4. The number of nitrogens with two attached hydrogens (primary N) is 3. The van der Waals surface area contributed by atoms with Gasteiger partial charge in [-0.15, -0.1) is 0 Å². The van der Waals surface area contributed by atoms with Crippen molar-refractivity contribution in [3.63, 3.8) is 0 Å². The molecule has 0 aliphatic carbocycles. The molecule has 0 saturated carbocycles. The van der Waals surface area contributed by atoms with Gasteiger partial charge in [-0.25, -0.2) is 4.79 Å². The SMILES string of the molecule is COC(=O)c1ccc(NC(=O)[C@@H](N)CC(N)=O)c(N)c1. The summed E-state index contributed by atoms with van der Waals surface area (Å²) in [5.41, 5.74) is 16.9. The fourth-order valence-electron chi connectivity index (χ4n) is 1.46. The summed E-state index contributed by atoms with van der Waals surface area (Å²) in [4.78, 5) is 33.6. The van der Waals surface area contributed by atoms with Crippen LogP contribution in [0.3, 0.4) is 0 Å². The van der Waals surface area contributed by atoms with E-state index in [0.29, 0.717) is 0 Å². The first-order valence-electron chi connectivity index (χ1n) is 5.67. The zero-order chi connectivity index (χ0) is 15.3. The maximum Gasteiger partial charge on any atom is 0.337 e. The molecule has 0 aliphatic heterocycles. The first-order chi connectivity index (χ1) is 9.35. The Morgan fingerprint density at radius 3 is 2.50 bits per heavy atom. The Hall–Kier alpha value is -2.61. The Kier molecular flexibility index (Phi) is 5.04. The third-order valence-corrected chi connectivity index (χ3v) is 2.49. The van der Waals surface area contributed by atoms with Crippen LogP contribution in [0.5, 0.6) is 0 Å². The van der Waals surface area contributed by atoms with Gasteiger partial charge in [0.05, 0.1) is 36.5 Å². The van der Waals surface area contributed by atoms with Crippen LogP contribution in [0.15, 0.2) is 18.2 Å². The lowest BCUT2D eigenvalue weighted by Crippen LogP contribution is -2.39. The maximum absolute atomic E-state index is 11.7. The van der Waals surface area contributed by atoms with Crippen molar-refractivity contribution < 1.29 is 19.1 Å². The Morgan fingerprint density at radius 1 is 1.35 bits per heavy atom. The van der Waals surface area contributed by atoms with Crippen molar-refractivity contribution in [1.29, 1.82) is 0 Å². The molecule has 0 bridgehead atoms. The highest BCUT2D eigenvalue weighted by Gasteiger charge is 2.17. The molecule has 8 nitrogen and oxygen atoms in total. The zero-order valence-electron chi connectivity index (χ0n) is 10.9. The van der Waals surface area contributed by atoms with Crippen LogP contribution >= 0.6 is 0 Å². The van der Waals surface area contributed by atoms with Crippen molar-refractivity contribution in [1.82, 2.24) is 0 Å². The van der Waals surface area contributed by atoms with Crippen molar-refractivity contribution >= 4 is 29.2 Å². The third kappa shape index (κ3) is 3.95. The van der Waals surface area contributed by atoms with Gasteiger partial charge in [0.25, 0.3) is 0 Å². The van der Waals surface area contributed by atoms with Gasteiger partial charge in [-0.1, -0.05) is 0 Å². The van der Waals surface area contributed by atoms with Gasteiger partial charge in [0, 0.05) is 0 Å². The number of primary amides is 1. The summed E-state index contributed by atoms with van der Waals surface area (Å²) in [5, 5.41) is 2.45. The van der Waals surface area contributed by atoms with Crippen molar-refractivity contribution in [3.05, 3.63) is 23.8 Å². The smallest absolute Gasteiger partial charge is 0.337 e. The first-order valence-corrected chi connectivity index (χ1v) is 5.67.